The van der Waals surface area contributed by atoms with Gasteiger partial charge in [-0.2, -0.15) is 5.01 Å². The molecule has 0 aliphatic carbocycles. The highest BCUT2D eigenvalue weighted by Crippen LogP contribution is 2.45. The minimum Gasteiger partial charge on any atom is -0.292 e. The maximum atomic E-state index is 13.6. The van der Waals surface area contributed by atoms with Crippen LogP contribution < -0.4 is 0 Å². The fourth-order valence-corrected chi connectivity index (χ4v) is 6.12. The van der Waals surface area contributed by atoms with Crippen molar-refractivity contribution >= 4 is 98.6 Å². The van der Waals surface area contributed by atoms with Crippen LogP contribution in [-0.2, 0) is 0 Å². The number of nitro benzene ring substituents is 2. The summed E-state index contributed by atoms with van der Waals surface area (Å²) in [5.74, 6) is -3.54. The molecule has 1 aliphatic heterocycles. The molecule has 0 aromatic heterocycles. The van der Waals surface area contributed by atoms with Crippen LogP contribution in [0.2, 0.25) is 0 Å². The fraction of sp³-hybridized carbons (Fsp3) is 0.0435. The quantitative estimate of drug-likeness (QED) is 0.0695. The fourth-order valence-electron chi connectivity index (χ4n) is 3.66. The molecule has 3 aromatic carbocycles. The summed E-state index contributed by atoms with van der Waals surface area (Å²) >= 11 is 13.2. The molecule has 0 N–H and O–H groups in total. The number of rotatable bonds is 7. The Kier molecular flexibility index (Phi) is 8.11. The number of non-ortho nitro benzene ring substituents is 2. The van der Waals surface area contributed by atoms with Crippen LogP contribution in [0.25, 0.3) is 0 Å². The summed E-state index contributed by atoms with van der Waals surface area (Å²) in [6.45, 7) is -0.809. The average Bonchev–Trinajstić information content (AvgIpc) is 3.18. The Hall–Kier alpha value is -3.34. The van der Waals surface area contributed by atoms with Gasteiger partial charge in [0, 0.05) is 53.3 Å². The summed E-state index contributed by atoms with van der Waals surface area (Å²) in [5.41, 5.74) is -0.891. The van der Waals surface area contributed by atoms with E-state index in [0.717, 1.165) is 36.4 Å². The maximum absolute atomic E-state index is 13.6. The molecule has 1 heterocycles. The first-order valence-electron chi connectivity index (χ1n) is 10.4. The first-order valence-corrected chi connectivity index (χ1v) is 13.6. The van der Waals surface area contributed by atoms with E-state index in [1.807, 2.05) is 0 Å². The molecule has 0 radical (unpaired) electrons. The van der Waals surface area contributed by atoms with E-state index >= 15 is 0 Å². The average molecular weight is 790 g/mol. The lowest BCUT2D eigenvalue weighted by molar-refractivity contribution is -0.385. The molecule has 12 nitrogen and oxygen atoms in total. The van der Waals surface area contributed by atoms with Gasteiger partial charge in [0.15, 0.2) is 5.78 Å². The lowest BCUT2D eigenvalue weighted by Gasteiger charge is -2.29. The number of hydrogen-bond acceptors (Lipinski definition) is 8. The molecule has 3 aromatic rings. The zero-order chi connectivity index (χ0) is 28.8. The molecule has 198 valence electrons. The van der Waals surface area contributed by atoms with E-state index in [1.54, 1.807) is 0 Å². The number of ketones is 1. The van der Waals surface area contributed by atoms with Crippen molar-refractivity contribution in [2.24, 2.45) is 0 Å². The standard InChI is InChI=1S/C23H10Br4N4O8/c24-17-15-16(18(25)20(27)19(17)26)23(35)29(22(15)34)28(21(33)11-3-7-13(8-4-11)31(38)39)9-14(32)10-1-5-12(6-2-10)30(36)37/h1-8H,9H2. The van der Waals surface area contributed by atoms with Crippen LogP contribution in [0.4, 0.5) is 11.4 Å². The zero-order valence-corrected chi connectivity index (χ0v) is 25.2. The second-order valence-corrected chi connectivity index (χ2v) is 11.0. The molecule has 16 heteroatoms. The number of carbonyl (C=O) groups is 4. The van der Waals surface area contributed by atoms with Gasteiger partial charge in [0.25, 0.3) is 29.1 Å². The lowest BCUT2D eigenvalue weighted by atomic mass is 10.1. The van der Waals surface area contributed by atoms with Gasteiger partial charge in [0.2, 0.25) is 0 Å². The van der Waals surface area contributed by atoms with Gasteiger partial charge in [-0.15, -0.1) is 0 Å². The molecule has 0 saturated heterocycles. The molecular weight excluding hydrogens is 780 g/mol. The molecule has 1 aliphatic rings. The molecule has 0 spiro atoms. The van der Waals surface area contributed by atoms with Crippen LogP contribution in [0.15, 0.2) is 66.4 Å². The minimum absolute atomic E-state index is 0.0217. The van der Waals surface area contributed by atoms with Crippen molar-refractivity contribution in [2.75, 3.05) is 6.54 Å². The van der Waals surface area contributed by atoms with E-state index in [9.17, 15) is 39.4 Å². The molecule has 0 atom stereocenters. The van der Waals surface area contributed by atoms with E-state index in [0.29, 0.717) is 19.0 Å². The summed E-state index contributed by atoms with van der Waals surface area (Å²) in [4.78, 5) is 74.5. The van der Waals surface area contributed by atoms with Crippen LogP contribution in [0.5, 0.6) is 0 Å². The Bertz CT molecular complexity index is 1560. The topological polar surface area (TPSA) is 161 Å². The summed E-state index contributed by atoms with van der Waals surface area (Å²) in [5, 5.41) is 23.1. The van der Waals surface area contributed by atoms with Crippen molar-refractivity contribution < 1.29 is 29.0 Å². The SMILES string of the molecule is O=C(CN(C(=O)c1ccc([N+](=O)[O-])cc1)N1C(=O)c2c(Br)c(Br)c(Br)c(Br)c2C1=O)c1ccc([N+](=O)[O-])cc1. The van der Waals surface area contributed by atoms with Crippen LogP contribution in [-0.4, -0.2) is 49.9 Å². The molecule has 0 fully saturated rings. The Labute approximate surface area is 251 Å². The molecule has 39 heavy (non-hydrogen) atoms. The molecular formula is C23H10Br4N4O8. The third kappa shape index (κ3) is 5.16. The third-order valence-corrected chi connectivity index (χ3v) is 10.3. The third-order valence-electron chi connectivity index (χ3n) is 5.57. The van der Waals surface area contributed by atoms with Crippen molar-refractivity contribution in [3.8, 4) is 0 Å². The molecule has 0 saturated carbocycles. The van der Waals surface area contributed by atoms with Gasteiger partial charge >= 0.3 is 0 Å². The van der Waals surface area contributed by atoms with E-state index in [1.165, 1.54) is 12.1 Å². The smallest absolute Gasteiger partial charge is 0.282 e. The molecule has 3 amide bonds. The predicted octanol–water partition coefficient (Wildman–Crippen LogP) is 6.09. The number of hydrazine groups is 1. The number of amides is 3. The number of nitro groups is 2. The lowest BCUT2D eigenvalue weighted by Crippen LogP contribution is -2.51. The van der Waals surface area contributed by atoms with Crippen LogP contribution in [0, 0.1) is 20.2 Å². The van der Waals surface area contributed by atoms with E-state index in [4.69, 9.17) is 0 Å². The summed E-state index contributed by atoms with van der Waals surface area (Å²) in [6, 6.07) is 8.93. The number of nitrogens with zero attached hydrogens (tertiary/aromatic N) is 4. The van der Waals surface area contributed by atoms with Crippen LogP contribution in [0.1, 0.15) is 41.4 Å². The second-order valence-electron chi connectivity index (χ2n) is 7.82. The van der Waals surface area contributed by atoms with Crippen LogP contribution >= 0.6 is 63.7 Å². The van der Waals surface area contributed by atoms with E-state index < -0.39 is 39.9 Å². The van der Waals surface area contributed by atoms with Gasteiger partial charge in [-0.25, -0.2) is 5.01 Å². The van der Waals surface area contributed by atoms with Gasteiger partial charge < -0.3 is 0 Å². The molecule has 4 rings (SSSR count). The van der Waals surface area contributed by atoms with E-state index in [2.05, 4.69) is 63.7 Å². The molecule has 0 bridgehead atoms. The number of benzene rings is 3. The summed E-state index contributed by atoms with van der Waals surface area (Å²) in [7, 11) is 0. The van der Waals surface area contributed by atoms with Gasteiger partial charge in [0.1, 0.15) is 6.54 Å². The number of carbonyl (C=O) groups excluding carboxylic acids is 4. The summed E-state index contributed by atoms with van der Waals surface area (Å²) in [6.07, 6.45) is 0. The molecule has 0 unspecified atom stereocenters. The van der Waals surface area contributed by atoms with Gasteiger partial charge in [0.05, 0.1) is 21.0 Å². The van der Waals surface area contributed by atoms with Crippen molar-refractivity contribution in [1.82, 2.24) is 10.0 Å². The highest BCUT2D eigenvalue weighted by Gasteiger charge is 2.46. The van der Waals surface area contributed by atoms with E-state index in [-0.39, 0.29) is 42.6 Å². The Morgan fingerprint density at radius 1 is 0.692 bits per heavy atom. The number of halogens is 4. The Morgan fingerprint density at radius 2 is 1.08 bits per heavy atom. The highest BCUT2D eigenvalue weighted by molar-refractivity contribution is 9.15. The first-order chi connectivity index (χ1) is 18.3. The van der Waals surface area contributed by atoms with Crippen molar-refractivity contribution in [3.05, 3.63) is 109 Å². The zero-order valence-electron chi connectivity index (χ0n) is 18.9. The predicted molar refractivity (Wildman–Crippen MR) is 149 cm³/mol. The van der Waals surface area contributed by atoms with Gasteiger partial charge in [-0.1, -0.05) is 0 Å². The Balaban J connectivity index is 1.79. The Morgan fingerprint density at radius 3 is 1.46 bits per heavy atom. The van der Waals surface area contributed by atoms with Crippen molar-refractivity contribution in [1.29, 1.82) is 0 Å². The second kappa shape index (κ2) is 11.0. The number of fused-ring (bicyclic) bond motifs is 1. The maximum Gasteiger partial charge on any atom is 0.282 e. The monoisotopic (exact) mass is 786 g/mol. The number of hydrogen-bond donors (Lipinski definition) is 0. The highest BCUT2D eigenvalue weighted by atomic mass is 79.9. The van der Waals surface area contributed by atoms with Crippen molar-refractivity contribution in [3.63, 3.8) is 0 Å². The first kappa shape index (κ1) is 28.7. The minimum atomic E-state index is -0.972. The number of imide groups is 1. The van der Waals surface area contributed by atoms with Crippen LogP contribution in [0.3, 0.4) is 0 Å². The van der Waals surface area contributed by atoms with Gasteiger partial charge in [-0.3, -0.25) is 39.4 Å². The normalized spacial score (nSPS) is 12.4. The number of Topliss-reactive ketones (excluding diaryl/α,β-unsaturated/α-hetero) is 1. The van der Waals surface area contributed by atoms with Gasteiger partial charge in [-0.05, 0) is 88.0 Å². The summed E-state index contributed by atoms with van der Waals surface area (Å²) < 4.78 is 1.26. The largest absolute Gasteiger partial charge is 0.292 e. The van der Waals surface area contributed by atoms with Crippen molar-refractivity contribution in [2.45, 2.75) is 0 Å².